The Morgan fingerprint density at radius 1 is 1.62 bits per heavy atom. The van der Waals surface area contributed by atoms with Crippen LogP contribution in [0.1, 0.15) is 36.3 Å². The lowest BCUT2D eigenvalue weighted by molar-refractivity contribution is 0.0596. The molecule has 0 aliphatic carbocycles. The van der Waals surface area contributed by atoms with E-state index in [0.717, 1.165) is 22.9 Å². The molecule has 1 heterocycles. The molecule has 1 rings (SSSR count). The van der Waals surface area contributed by atoms with Gasteiger partial charge in [-0.15, -0.1) is 22.9 Å². The summed E-state index contributed by atoms with van der Waals surface area (Å²) in [5, 5.41) is 1.04. The van der Waals surface area contributed by atoms with Crippen LogP contribution in [0, 0.1) is 0 Å². The van der Waals surface area contributed by atoms with Crippen molar-refractivity contribution in [2.75, 3.05) is 6.61 Å². The van der Waals surface area contributed by atoms with Crippen LogP contribution in [0.15, 0.2) is 6.20 Å². The highest BCUT2D eigenvalue weighted by Gasteiger charge is 2.12. The van der Waals surface area contributed by atoms with Crippen LogP contribution in [0.3, 0.4) is 0 Å². The van der Waals surface area contributed by atoms with Crippen molar-refractivity contribution in [1.29, 1.82) is 0 Å². The third-order valence-corrected chi connectivity index (χ3v) is 3.25. The van der Waals surface area contributed by atoms with Crippen molar-refractivity contribution in [3.05, 3.63) is 16.1 Å². The zero-order valence-corrected chi connectivity index (χ0v) is 9.49. The highest BCUT2D eigenvalue weighted by atomic mass is 35.5. The minimum absolute atomic E-state index is 0.145. The second-order valence-corrected chi connectivity index (χ2v) is 4.06. The highest BCUT2D eigenvalue weighted by molar-refractivity contribution is 7.11. The lowest BCUT2D eigenvalue weighted by atomic mass is 10.3. The molecule has 0 aliphatic heterocycles. The molecule has 1 unspecified atom stereocenters. The van der Waals surface area contributed by atoms with Gasteiger partial charge in [0.2, 0.25) is 0 Å². The third kappa shape index (κ3) is 2.93. The fourth-order valence-corrected chi connectivity index (χ4v) is 2.23. The first-order valence-corrected chi connectivity index (χ1v) is 5.79. The van der Waals surface area contributed by atoms with Gasteiger partial charge >= 0.3 is 0 Å². The van der Waals surface area contributed by atoms with E-state index in [1.54, 1.807) is 11.3 Å². The minimum Gasteiger partial charge on any atom is -0.371 e. The van der Waals surface area contributed by atoms with Gasteiger partial charge in [-0.3, -0.25) is 0 Å². The molecule has 0 bridgehead atoms. The quantitative estimate of drug-likeness (QED) is 0.709. The number of alkyl halides is 1. The smallest absolute Gasteiger partial charge is 0.122 e. The van der Waals surface area contributed by atoms with Crippen molar-refractivity contribution in [3.63, 3.8) is 0 Å². The maximum absolute atomic E-state index is 5.69. The van der Waals surface area contributed by atoms with E-state index in [-0.39, 0.29) is 6.10 Å². The van der Waals surface area contributed by atoms with Crippen LogP contribution in [0.25, 0.3) is 0 Å². The summed E-state index contributed by atoms with van der Waals surface area (Å²) >= 11 is 7.33. The van der Waals surface area contributed by atoms with Gasteiger partial charge < -0.3 is 4.74 Å². The van der Waals surface area contributed by atoms with Crippen molar-refractivity contribution >= 4 is 22.9 Å². The Morgan fingerprint density at radius 2 is 2.38 bits per heavy atom. The van der Waals surface area contributed by atoms with Gasteiger partial charge in [0.05, 0.1) is 5.88 Å². The molecule has 1 aromatic rings. The van der Waals surface area contributed by atoms with E-state index in [1.165, 1.54) is 0 Å². The van der Waals surface area contributed by atoms with E-state index in [2.05, 4.69) is 11.9 Å². The molecule has 0 aliphatic rings. The Kier molecular flexibility index (Phi) is 4.70. The van der Waals surface area contributed by atoms with E-state index in [0.29, 0.717) is 5.88 Å². The monoisotopic (exact) mass is 219 g/mol. The van der Waals surface area contributed by atoms with E-state index >= 15 is 0 Å². The molecule has 0 aromatic carbocycles. The third-order valence-electron chi connectivity index (χ3n) is 1.72. The Labute approximate surface area is 87.9 Å². The van der Waals surface area contributed by atoms with Crippen LogP contribution >= 0.6 is 22.9 Å². The first-order valence-electron chi connectivity index (χ1n) is 4.44. The van der Waals surface area contributed by atoms with Gasteiger partial charge in [-0.1, -0.05) is 6.92 Å². The lowest BCUT2D eigenvalue weighted by Gasteiger charge is -2.10. The fraction of sp³-hybridized carbons (Fsp3) is 0.667. The molecule has 0 spiro atoms. The molecule has 0 N–H and O–H groups in total. The fourth-order valence-electron chi connectivity index (χ4n) is 1.10. The maximum Gasteiger partial charge on any atom is 0.122 e. The van der Waals surface area contributed by atoms with Gasteiger partial charge in [-0.25, -0.2) is 4.98 Å². The summed E-state index contributed by atoms with van der Waals surface area (Å²) in [5.74, 6) is 0.542. The molecular weight excluding hydrogens is 206 g/mol. The summed E-state index contributed by atoms with van der Waals surface area (Å²) in [4.78, 5) is 5.39. The van der Waals surface area contributed by atoms with Gasteiger partial charge in [0.25, 0.3) is 0 Å². The molecule has 1 aromatic heterocycles. The number of hydrogen-bond donors (Lipinski definition) is 0. The Morgan fingerprint density at radius 3 is 2.85 bits per heavy atom. The normalized spacial score (nSPS) is 13.2. The van der Waals surface area contributed by atoms with E-state index in [1.807, 2.05) is 13.1 Å². The summed E-state index contributed by atoms with van der Waals surface area (Å²) in [6.45, 7) is 4.83. The second-order valence-electron chi connectivity index (χ2n) is 2.65. The minimum atomic E-state index is 0.145. The average molecular weight is 220 g/mol. The molecule has 0 saturated heterocycles. The molecular formula is C9H14ClNOS. The first-order chi connectivity index (χ1) is 6.31. The molecule has 0 saturated carbocycles. The van der Waals surface area contributed by atoms with Crippen LogP contribution in [-0.4, -0.2) is 11.6 Å². The Balaban J connectivity index is 2.67. The Bertz CT molecular complexity index is 252. The lowest BCUT2D eigenvalue weighted by Crippen LogP contribution is -2.01. The summed E-state index contributed by atoms with van der Waals surface area (Å²) in [5.41, 5.74) is 0. The number of aromatic nitrogens is 1. The van der Waals surface area contributed by atoms with E-state index < -0.39 is 0 Å². The summed E-state index contributed by atoms with van der Waals surface area (Å²) < 4.78 is 5.54. The van der Waals surface area contributed by atoms with Crippen LogP contribution < -0.4 is 0 Å². The molecule has 0 fully saturated rings. The van der Waals surface area contributed by atoms with Gasteiger partial charge in [0, 0.05) is 17.7 Å². The van der Waals surface area contributed by atoms with Crippen LogP contribution in [0.2, 0.25) is 0 Å². The van der Waals surface area contributed by atoms with Crippen molar-refractivity contribution in [1.82, 2.24) is 4.98 Å². The van der Waals surface area contributed by atoms with Gasteiger partial charge in [-0.2, -0.15) is 0 Å². The Hall–Kier alpha value is -0.120. The van der Waals surface area contributed by atoms with E-state index in [4.69, 9.17) is 16.3 Å². The zero-order valence-electron chi connectivity index (χ0n) is 7.92. The number of ether oxygens (including phenoxy) is 1. The standard InChI is InChI=1S/C9H14ClNOS/c1-3-8(12-4-2)9-11-6-7(5-10)13-9/h6,8H,3-5H2,1-2H3. The second kappa shape index (κ2) is 5.58. The van der Waals surface area contributed by atoms with Crippen molar-refractivity contribution in [2.24, 2.45) is 0 Å². The summed E-state index contributed by atoms with van der Waals surface area (Å²) in [6.07, 6.45) is 2.93. The highest BCUT2D eigenvalue weighted by Crippen LogP contribution is 2.26. The molecule has 2 nitrogen and oxygen atoms in total. The summed E-state index contributed by atoms with van der Waals surface area (Å²) in [6, 6.07) is 0. The van der Waals surface area contributed by atoms with Crippen molar-refractivity contribution < 1.29 is 4.74 Å². The number of thiazole rings is 1. The summed E-state index contributed by atoms with van der Waals surface area (Å²) in [7, 11) is 0. The van der Waals surface area contributed by atoms with Crippen LogP contribution in [-0.2, 0) is 10.6 Å². The van der Waals surface area contributed by atoms with Gasteiger partial charge in [-0.05, 0) is 13.3 Å². The zero-order chi connectivity index (χ0) is 9.68. The van der Waals surface area contributed by atoms with Crippen LogP contribution in [0.4, 0.5) is 0 Å². The predicted molar refractivity (Wildman–Crippen MR) is 56.3 cm³/mol. The molecule has 0 amide bonds. The maximum atomic E-state index is 5.69. The number of hydrogen-bond acceptors (Lipinski definition) is 3. The van der Waals surface area contributed by atoms with Crippen molar-refractivity contribution in [3.8, 4) is 0 Å². The van der Waals surface area contributed by atoms with Crippen LogP contribution in [0.5, 0.6) is 0 Å². The van der Waals surface area contributed by atoms with E-state index in [9.17, 15) is 0 Å². The first kappa shape index (κ1) is 11.0. The SMILES string of the molecule is CCOC(CC)c1ncc(CCl)s1. The van der Waals surface area contributed by atoms with Gasteiger partial charge in [0.1, 0.15) is 11.1 Å². The number of rotatable bonds is 5. The number of halogens is 1. The van der Waals surface area contributed by atoms with Crippen molar-refractivity contribution in [2.45, 2.75) is 32.3 Å². The number of nitrogens with zero attached hydrogens (tertiary/aromatic N) is 1. The molecule has 1 atom stereocenters. The molecule has 4 heteroatoms. The topological polar surface area (TPSA) is 22.1 Å². The molecule has 0 radical (unpaired) electrons. The average Bonchev–Trinajstić information content (AvgIpc) is 2.62. The largest absolute Gasteiger partial charge is 0.371 e. The molecule has 13 heavy (non-hydrogen) atoms. The van der Waals surface area contributed by atoms with Gasteiger partial charge in [0.15, 0.2) is 0 Å². The predicted octanol–water partition coefficient (Wildman–Crippen LogP) is 3.37. The molecule has 74 valence electrons.